The van der Waals surface area contributed by atoms with E-state index >= 15 is 0 Å². The highest BCUT2D eigenvalue weighted by Crippen LogP contribution is 2.22. The lowest BCUT2D eigenvalue weighted by Gasteiger charge is -2.36. The predicted molar refractivity (Wildman–Crippen MR) is 100 cm³/mol. The van der Waals surface area contributed by atoms with Crippen LogP contribution in [0.15, 0.2) is 42.6 Å². The highest BCUT2D eigenvalue weighted by atomic mass is 19.1. The molecule has 136 valence electrons. The van der Waals surface area contributed by atoms with Crippen LogP contribution in [0.25, 0.3) is 0 Å². The molecule has 2 aliphatic rings. The molecule has 0 N–H and O–H groups in total. The van der Waals surface area contributed by atoms with Crippen LogP contribution in [0.3, 0.4) is 0 Å². The minimum Gasteiger partial charge on any atom is -0.370 e. The van der Waals surface area contributed by atoms with Crippen molar-refractivity contribution in [3.05, 3.63) is 54.1 Å². The van der Waals surface area contributed by atoms with E-state index in [0.29, 0.717) is 37.6 Å². The monoisotopic (exact) mass is 354 g/mol. The van der Waals surface area contributed by atoms with Gasteiger partial charge in [-0.05, 0) is 37.1 Å². The summed E-state index contributed by atoms with van der Waals surface area (Å²) in [6.45, 7) is 4.52. The van der Waals surface area contributed by atoms with Gasteiger partial charge in [0.25, 0.3) is 5.91 Å². The quantitative estimate of drug-likeness (QED) is 0.850. The fraction of sp³-hybridized carbons (Fsp3) is 0.400. The molecule has 2 saturated heterocycles. The van der Waals surface area contributed by atoms with E-state index in [0.717, 1.165) is 18.8 Å². The molecular formula is C20H23FN4O. The van der Waals surface area contributed by atoms with Gasteiger partial charge in [-0.3, -0.25) is 4.79 Å². The summed E-state index contributed by atoms with van der Waals surface area (Å²) in [6.07, 6.45) is 4.23. The number of halogens is 1. The first-order chi connectivity index (χ1) is 12.7. The number of hydrogen-bond donors (Lipinski definition) is 0. The van der Waals surface area contributed by atoms with E-state index in [4.69, 9.17) is 0 Å². The van der Waals surface area contributed by atoms with Gasteiger partial charge in [-0.2, -0.15) is 0 Å². The number of anilines is 2. The number of pyridine rings is 1. The maximum absolute atomic E-state index is 13.9. The first-order valence-electron chi connectivity index (χ1n) is 9.22. The number of hydrogen-bond acceptors (Lipinski definition) is 4. The van der Waals surface area contributed by atoms with Crippen molar-refractivity contribution < 1.29 is 9.18 Å². The van der Waals surface area contributed by atoms with Crippen molar-refractivity contribution in [1.29, 1.82) is 0 Å². The van der Waals surface area contributed by atoms with Gasteiger partial charge >= 0.3 is 0 Å². The van der Waals surface area contributed by atoms with Crippen LogP contribution in [0.4, 0.5) is 15.8 Å². The molecule has 2 aromatic rings. The standard InChI is InChI=1S/C20H23FN4O/c21-17-5-1-2-6-19(17)24-11-13-25(14-12-24)20(26)18-8-7-16(15-22-18)23-9-3-4-10-23/h1-2,5-8,15H,3-4,9-14H2. The summed E-state index contributed by atoms with van der Waals surface area (Å²) >= 11 is 0. The van der Waals surface area contributed by atoms with E-state index in [1.54, 1.807) is 23.2 Å². The lowest BCUT2D eigenvalue weighted by molar-refractivity contribution is 0.0741. The summed E-state index contributed by atoms with van der Waals surface area (Å²) in [6, 6.07) is 10.6. The second-order valence-electron chi connectivity index (χ2n) is 6.83. The Kier molecular flexibility index (Phi) is 4.73. The number of carbonyl (C=O) groups excluding carboxylic acids is 1. The third-order valence-corrected chi connectivity index (χ3v) is 5.20. The van der Waals surface area contributed by atoms with Crippen LogP contribution in [0, 0.1) is 5.82 Å². The number of aromatic nitrogens is 1. The van der Waals surface area contributed by atoms with Crippen molar-refractivity contribution in [2.75, 3.05) is 49.1 Å². The van der Waals surface area contributed by atoms with Gasteiger partial charge < -0.3 is 14.7 Å². The van der Waals surface area contributed by atoms with Crippen molar-refractivity contribution in [3.63, 3.8) is 0 Å². The summed E-state index contributed by atoms with van der Waals surface area (Å²) in [4.78, 5) is 23.2. The third-order valence-electron chi connectivity index (χ3n) is 5.20. The number of nitrogens with zero attached hydrogens (tertiary/aromatic N) is 4. The SMILES string of the molecule is O=C(c1ccc(N2CCCC2)cn1)N1CCN(c2ccccc2F)CC1. The van der Waals surface area contributed by atoms with Crippen LogP contribution in [-0.4, -0.2) is 55.1 Å². The van der Waals surface area contributed by atoms with E-state index < -0.39 is 0 Å². The molecule has 0 atom stereocenters. The summed E-state index contributed by atoms with van der Waals surface area (Å²) in [5, 5.41) is 0. The number of carbonyl (C=O) groups is 1. The van der Waals surface area contributed by atoms with Crippen molar-refractivity contribution >= 4 is 17.3 Å². The molecule has 5 nitrogen and oxygen atoms in total. The molecule has 1 aromatic carbocycles. The number of piperazine rings is 1. The Morgan fingerprint density at radius 1 is 0.885 bits per heavy atom. The Balaban J connectivity index is 1.38. The second-order valence-corrected chi connectivity index (χ2v) is 6.83. The van der Waals surface area contributed by atoms with E-state index in [9.17, 15) is 9.18 Å². The molecule has 0 aliphatic carbocycles. The minimum atomic E-state index is -0.216. The summed E-state index contributed by atoms with van der Waals surface area (Å²) in [5.41, 5.74) is 2.17. The maximum Gasteiger partial charge on any atom is 0.272 e. The molecule has 1 aromatic heterocycles. The second kappa shape index (κ2) is 7.32. The predicted octanol–water partition coefficient (Wildman–Crippen LogP) is 2.78. The molecule has 0 spiro atoms. The van der Waals surface area contributed by atoms with Crippen molar-refractivity contribution in [2.24, 2.45) is 0 Å². The highest BCUT2D eigenvalue weighted by Gasteiger charge is 2.24. The molecule has 6 heteroatoms. The van der Waals surface area contributed by atoms with Crippen LogP contribution in [0.5, 0.6) is 0 Å². The van der Waals surface area contributed by atoms with Crippen molar-refractivity contribution in [2.45, 2.75) is 12.8 Å². The Labute approximate surface area is 153 Å². The van der Waals surface area contributed by atoms with Crippen LogP contribution in [0.2, 0.25) is 0 Å². The molecule has 1 amide bonds. The average molecular weight is 354 g/mol. The molecule has 0 bridgehead atoms. The van der Waals surface area contributed by atoms with E-state index in [1.807, 2.05) is 23.1 Å². The highest BCUT2D eigenvalue weighted by molar-refractivity contribution is 5.92. The number of para-hydroxylation sites is 1. The topological polar surface area (TPSA) is 39.7 Å². The lowest BCUT2D eigenvalue weighted by atomic mass is 10.2. The van der Waals surface area contributed by atoms with Gasteiger partial charge in [0, 0.05) is 39.3 Å². The van der Waals surface area contributed by atoms with Crippen LogP contribution in [0.1, 0.15) is 23.3 Å². The first kappa shape index (κ1) is 16.8. The van der Waals surface area contributed by atoms with Crippen LogP contribution >= 0.6 is 0 Å². The van der Waals surface area contributed by atoms with E-state index in [1.165, 1.54) is 18.9 Å². The molecule has 2 aliphatic heterocycles. The van der Waals surface area contributed by atoms with Gasteiger partial charge in [0.15, 0.2) is 0 Å². The van der Waals surface area contributed by atoms with Crippen molar-refractivity contribution in [1.82, 2.24) is 9.88 Å². The molecule has 0 radical (unpaired) electrons. The van der Waals surface area contributed by atoms with Gasteiger partial charge in [0.1, 0.15) is 11.5 Å². The molecule has 0 saturated carbocycles. The normalized spacial score (nSPS) is 17.7. The Morgan fingerprint density at radius 2 is 1.62 bits per heavy atom. The number of amides is 1. The van der Waals surface area contributed by atoms with Gasteiger partial charge in [0.2, 0.25) is 0 Å². The summed E-state index contributed by atoms with van der Waals surface area (Å²) in [5.74, 6) is -0.266. The fourth-order valence-corrected chi connectivity index (χ4v) is 3.70. The molecule has 26 heavy (non-hydrogen) atoms. The van der Waals surface area contributed by atoms with E-state index in [2.05, 4.69) is 9.88 Å². The van der Waals surface area contributed by atoms with Gasteiger partial charge in [0.05, 0.1) is 17.6 Å². The lowest BCUT2D eigenvalue weighted by Crippen LogP contribution is -2.49. The van der Waals surface area contributed by atoms with Gasteiger partial charge in [-0.1, -0.05) is 12.1 Å². The number of rotatable bonds is 3. The Morgan fingerprint density at radius 3 is 2.27 bits per heavy atom. The van der Waals surface area contributed by atoms with Crippen molar-refractivity contribution in [3.8, 4) is 0 Å². The smallest absolute Gasteiger partial charge is 0.272 e. The van der Waals surface area contributed by atoms with E-state index in [-0.39, 0.29) is 11.7 Å². The molecule has 0 unspecified atom stereocenters. The zero-order valence-electron chi connectivity index (χ0n) is 14.8. The third kappa shape index (κ3) is 3.36. The zero-order chi connectivity index (χ0) is 17.9. The van der Waals surface area contributed by atoms with Gasteiger partial charge in [-0.15, -0.1) is 0 Å². The molecule has 4 rings (SSSR count). The summed E-state index contributed by atoms with van der Waals surface area (Å²) in [7, 11) is 0. The fourth-order valence-electron chi connectivity index (χ4n) is 3.70. The first-order valence-corrected chi connectivity index (χ1v) is 9.22. The minimum absolute atomic E-state index is 0.0499. The van der Waals surface area contributed by atoms with Gasteiger partial charge in [-0.25, -0.2) is 9.37 Å². The maximum atomic E-state index is 13.9. The number of benzene rings is 1. The molecule has 2 fully saturated rings. The van der Waals surface area contributed by atoms with Crippen LogP contribution in [-0.2, 0) is 0 Å². The Bertz CT molecular complexity index is 766. The zero-order valence-corrected chi connectivity index (χ0v) is 14.8. The Hall–Kier alpha value is -2.63. The molecular weight excluding hydrogens is 331 g/mol. The summed E-state index contributed by atoms with van der Waals surface area (Å²) < 4.78 is 13.9. The van der Waals surface area contributed by atoms with Crippen LogP contribution < -0.4 is 9.80 Å². The molecule has 3 heterocycles. The largest absolute Gasteiger partial charge is 0.370 e. The average Bonchev–Trinajstić information content (AvgIpc) is 3.23.